The zero-order valence-electron chi connectivity index (χ0n) is 15.4. The van der Waals surface area contributed by atoms with Gasteiger partial charge in [-0.1, -0.05) is 17.7 Å². The Kier molecular flexibility index (Phi) is 6.90. The summed E-state index contributed by atoms with van der Waals surface area (Å²) in [6, 6.07) is 9.65. The first kappa shape index (κ1) is 20.4. The maximum atomic E-state index is 12.4. The molecule has 0 aliphatic carbocycles. The van der Waals surface area contributed by atoms with Gasteiger partial charge in [-0.3, -0.25) is 4.79 Å². The molecular formula is C19H20ClNO6. The van der Waals surface area contributed by atoms with Gasteiger partial charge in [0, 0.05) is 11.8 Å². The normalized spacial score (nSPS) is 11.3. The SMILES string of the molecule is COc1cccc(NC(=O)[C@@H](C)OC(=O)c2cc(Cl)c(OC)c(OC)c2)c1. The molecule has 0 heterocycles. The first-order valence-corrected chi connectivity index (χ1v) is 8.34. The van der Waals surface area contributed by atoms with Crippen molar-refractivity contribution in [2.75, 3.05) is 26.6 Å². The molecule has 2 aromatic rings. The molecule has 2 aromatic carbocycles. The number of halogens is 1. The molecule has 1 atom stereocenters. The minimum Gasteiger partial charge on any atom is -0.497 e. The van der Waals surface area contributed by atoms with E-state index in [0.29, 0.717) is 17.2 Å². The Morgan fingerprint density at radius 2 is 1.78 bits per heavy atom. The van der Waals surface area contributed by atoms with Crippen LogP contribution < -0.4 is 19.5 Å². The molecule has 0 aromatic heterocycles. The lowest BCUT2D eigenvalue weighted by molar-refractivity contribution is -0.123. The third-order valence-corrected chi connectivity index (χ3v) is 3.94. The van der Waals surface area contributed by atoms with E-state index < -0.39 is 18.0 Å². The lowest BCUT2D eigenvalue weighted by Gasteiger charge is -2.15. The number of nitrogens with one attached hydrogen (secondary N) is 1. The molecule has 0 aliphatic rings. The lowest BCUT2D eigenvalue weighted by atomic mass is 10.2. The zero-order valence-corrected chi connectivity index (χ0v) is 16.1. The number of carbonyl (C=O) groups is 2. The van der Waals surface area contributed by atoms with Crippen molar-refractivity contribution in [3.63, 3.8) is 0 Å². The van der Waals surface area contributed by atoms with Gasteiger partial charge >= 0.3 is 5.97 Å². The minimum absolute atomic E-state index is 0.138. The maximum Gasteiger partial charge on any atom is 0.339 e. The number of methoxy groups -OCH3 is 3. The van der Waals surface area contributed by atoms with E-state index in [2.05, 4.69) is 5.32 Å². The molecule has 0 unspecified atom stereocenters. The molecule has 27 heavy (non-hydrogen) atoms. The van der Waals surface area contributed by atoms with Crippen molar-refractivity contribution in [3.05, 3.63) is 47.0 Å². The Morgan fingerprint density at radius 3 is 2.41 bits per heavy atom. The van der Waals surface area contributed by atoms with Crippen LogP contribution in [0.15, 0.2) is 36.4 Å². The Bertz CT molecular complexity index is 839. The third-order valence-electron chi connectivity index (χ3n) is 3.66. The van der Waals surface area contributed by atoms with Gasteiger partial charge in [0.2, 0.25) is 0 Å². The van der Waals surface area contributed by atoms with Crippen molar-refractivity contribution in [1.82, 2.24) is 0 Å². The zero-order chi connectivity index (χ0) is 20.0. The number of esters is 1. The van der Waals surface area contributed by atoms with Crippen molar-refractivity contribution in [2.45, 2.75) is 13.0 Å². The summed E-state index contributed by atoms with van der Waals surface area (Å²) in [7, 11) is 4.39. The number of hydrogen-bond acceptors (Lipinski definition) is 6. The number of carbonyl (C=O) groups excluding carboxylic acids is 2. The summed E-state index contributed by atoms with van der Waals surface area (Å²) in [5.74, 6) is -0.0169. The summed E-state index contributed by atoms with van der Waals surface area (Å²) in [6.45, 7) is 1.47. The highest BCUT2D eigenvalue weighted by Crippen LogP contribution is 2.36. The van der Waals surface area contributed by atoms with E-state index in [0.717, 1.165) is 0 Å². The van der Waals surface area contributed by atoms with E-state index in [1.165, 1.54) is 40.4 Å². The predicted octanol–water partition coefficient (Wildman–Crippen LogP) is 3.55. The summed E-state index contributed by atoms with van der Waals surface area (Å²) in [6.07, 6.45) is -1.03. The molecule has 0 aliphatic heterocycles. The Labute approximate surface area is 162 Å². The minimum atomic E-state index is -1.03. The van der Waals surface area contributed by atoms with Crippen molar-refractivity contribution in [3.8, 4) is 17.2 Å². The number of ether oxygens (including phenoxy) is 4. The van der Waals surface area contributed by atoms with Crippen molar-refractivity contribution >= 4 is 29.2 Å². The second kappa shape index (κ2) is 9.14. The number of rotatable bonds is 7. The van der Waals surface area contributed by atoms with E-state index in [1.54, 1.807) is 24.3 Å². The quantitative estimate of drug-likeness (QED) is 0.724. The van der Waals surface area contributed by atoms with Gasteiger partial charge in [0.05, 0.1) is 31.9 Å². The maximum absolute atomic E-state index is 12.4. The molecule has 2 rings (SSSR count). The van der Waals surface area contributed by atoms with Gasteiger partial charge in [-0.2, -0.15) is 0 Å². The van der Waals surface area contributed by atoms with Gasteiger partial charge in [0.15, 0.2) is 17.6 Å². The average Bonchev–Trinajstić information content (AvgIpc) is 2.67. The third kappa shape index (κ3) is 5.04. The molecule has 0 saturated carbocycles. The van der Waals surface area contributed by atoms with E-state index in [-0.39, 0.29) is 16.3 Å². The molecule has 1 amide bonds. The van der Waals surface area contributed by atoms with Crippen LogP contribution in [0.4, 0.5) is 5.69 Å². The number of benzene rings is 2. The standard InChI is InChI=1S/C19H20ClNO6/c1-11(18(22)21-13-6-5-7-14(10-13)24-2)27-19(23)12-8-15(20)17(26-4)16(9-12)25-3/h5-11H,1-4H3,(H,21,22)/t11-/m1/s1. The fourth-order valence-electron chi connectivity index (χ4n) is 2.26. The van der Waals surface area contributed by atoms with Crippen LogP contribution in [0, 0.1) is 0 Å². The molecule has 0 spiro atoms. The summed E-state index contributed by atoms with van der Waals surface area (Å²) < 4.78 is 20.6. The van der Waals surface area contributed by atoms with Crippen molar-refractivity contribution < 1.29 is 28.5 Å². The van der Waals surface area contributed by atoms with Gasteiger partial charge in [-0.25, -0.2) is 4.79 Å². The molecule has 1 N–H and O–H groups in total. The number of amides is 1. The molecule has 0 bridgehead atoms. The fourth-order valence-corrected chi connectivity index (χ4v) is 2.55. The van der Waals surface area contributed by atoms with Crippen molar-refractivity contribution in [1.29, 1.82) is 0 Å². The van der Waals surface area contributed by atoms with Crippen LogP contribution >= 0.6 is 11.6 Å². The molecule has 0 saturated heterocycles. The van der Waals surface area contributed by atoms with Gasteiger partial charge in [0.1, 0.15) is 5.75 Å². The van der Waals surface area contributed by atoms with Gasteiger partial charge in [0.25, 0.3) is 5.91 Å². The number of anilines is 1. The molecule has 0 radical (unpaired) electrons. The Hall–Kier alpha value is -2.93. The fraction of sp³-hybridized carbons (Fsp3) is 0.263. The first-order valence-electron chi connectivity index (χ1n) is 7.97. The highest BCUT2D eigenvalue weighted by Gasteiger charge is 2.21. The van der Waals surface area contributed by atoms with Crippen LogP contribution in [0.2, 0.25) is 5.02 Å². The Morgan fingerprint density at radius 1 is 1.04 bits per heavy atom. The second-order valence-electron chi connectivity index (χ2n) is 5.46. The topological polar surface area (TPSA) is 83.1 Å². The van der Waals surface area contributed by atoms with Gasteiger partial charge in [-0.05, 0) is 31.2 Å². The van der Waals surface area contributed by atoms with Crippen LogP contribution in [0.25, 0.3) is 0 Å². The highest BCUT2D eigenvalue weighted by molar-refractivity contribution is 6.32. The average molecular weight is 394 g/mol. The van der Waals surface area contributed by atoms with Crippen LogP contribution in [0.5, 0.6) is 17.2 Å². The van der Waals surface area contributed by atoms with Crippen LogP contribution in [0.3, 0.4) is 0 Å². The lowest BCUT2D eigenvalue weighted by Crippen LogP contribution is -2.30. The molecular weight excluding hydrogens is 374 g/mol. The summed E-state index contributed by atoms with van der Waals surface area (Å²) >= 11 is 6.09. The first-order chi connectivity index (χ1) is 12.9. The predicted molar refractivity (Wildman–Crippen MR) is 101 cm³/mol. The molecule has 8 heteroatoms. The van der Waals surface area contributed by atoms with Crippen LogP contribution in [-0.2, 0) is 9.53 Å². The van der Waals surface area contributed by atoms with E-state index in [4.69, 9.17) is 30.5 Å². The largest absolute Gasteiger partial charge is 0.497 e. The molecule has 144 valence electrons. The number of hydrogen-bond donors (Lipinski definition) is 1. The van der Waals surface area contributed by atoms with Gasteiger partial charge in [-0.15, -0.1) is 0 Å². The second-order valence-corrected chi connectivity index (χ2v) is 5.87. The van der Waals surface area contributed by atoms with Crippen molar-refractivity contribution in [2.24, 2.45) is 0 Å². The van der Waals surface area contributed by atoms with E-state index in [1.807, 2.05) is 0 Å². The van der Waals surface area contributed by atoms with Crippen LogP contribution in [0.1, 0.15) is 17.3 Å². The summed E-state index contributed by atoms with van der Waals surface area (Å²) in [5.41, 5.74) is 0.662. The highest BCUT2D eigenvalue weighted by atomic mass is 35.5. The molecule has 7 nitrogen and oxygen atoms in total. The molecule has 0 fully saturated rings. The Balaban J connectivity index is 2.08. The van der Waals surface area contributed by atoms with Gasteiger partial charge < -0.3 is 24.3 Å². The monoisotopic (exact) mass is 393 g/mol. The summed E-state index contributed by atoms with van der Waals surface area (Å²) in [5, 5.41) is 2.85. The smallest absolute Gasteiger partial charge is 0.339 e. The van der Waals surface area contributed by atoms with Crippen LogP contribution in [-0.4, -0.2) is 39.3 Å². The van der Waals surface area contributed by atoms with E-state index in [9.17, 15) is 9.59 Å². The summed E-state index contributed by atoms with van der Waals surface area (Å²) in [4.78, 5) is 24.6. The van der Waals surface area contributed by atoms with E-state index >= 15 is 0 Å².